The minimum Gasteiger partial charge on any atom is -0.475 e. The highest BCUT2D eigenvalue weighted by atomic mass is 16.4. The normalized spacial score (nSPS) is 24.9. The molecule has 2 unspecified atom stereocenters. The molecule has 9 nitrogen and oxygen atoms in total. The molecule has 2 saturated carbocycles. The number of aromatic nitrogens is 5. The molecule has 6 rings (SSSR count). The highest BCUT2D eigenvalue weighted by Gasteiger charge is 2.33. The zero-order valence-corrected chi connectivity index (χ0v) is 23.2. The standard InChI is InChI=1S/C30H41N7O2/c1-19-12-14-21(15-13-19)18-37-25-26(32-20(2)22-8-7-9-22)33-28(29(38)39)34-27(25)35-30(37)36-17-6-4-11-24(36)23-10-3-5-16-31-23/h3,5,10,16,19-22,24H,4,6-9,11-15,17-18H2,1-2H3,(H,38,39)(H,32,33,34). The SMILES string of the molecule is CC1CCC(Cn2c(N3CCCCC3c3ccccn3)nc3nc(C(=O)O)nc(NC(C)C4CCC4)c32)CC1. The van der Waals surface area contributed by atoms with Crippen LogP contribution < -0.4 is 10.2 Å². The van der Waals surface area contributed by atoms with Gasteiger partial charge in [0.25, 0.3) is 0 Å². The molecule has 0 aromatic carbocycles. The molecule has 0 bridgehead atoms. The maximum Gasteiger partial charge on any atom is 0.374 e. The van der Waals surface area contributed by atoms with Crippen molar-refractivity contribution in [2.24, 2.45) is 17.8 Å². The number of nitrogens with zero attached hydrogens (tertiary/aromatic N) is 6. The molecule has 0 spiro atoms. The quantitative estimate of drug-likeness (QED) is 0.360. The topological polar surface area (TPSA) is 109 Å². The first-order valence-electron chi connectivity index (χ1n) is 14.9. The molecule has 1 saturated heterocycles. The van der Waals surface area contributed by atoms with E-state index in [2.05, 4.69) is 50.7 Å². The predicted octanol–water partition coefficient (Wildman–Crippen LogP) is 6.08. The van der Waals surface area contributed by atoms with Crippen molar-refractivity contribution in [1.29, 1.82) is 0 Å². The molecule has 2 N–H and O–H groups in total. The van der Waals surface area contributed by atoms with Crippen molar-refractivity contribution in [3.63, 3.8) is 0 Å². The van der Waals surface area contributed by atoms with Crippen molar-refractivity contribution in [1.82, 2.24) is 24.5 Å². The van der Waals surface area contributed by atoms with Crippen molar-refractivity contribution < 1.29 is 9.90 Å². The molecule has 3 fully saturated rings. The summed E-state index contributed by atoms with van der Waals surface area (Å²) in [5.74, 6) is 2.05. The third kappa shape index (κ3) is 5.32. The van der Waals surface area contributed by atoms with Gasteiger partial charge in [-0.3, -0.25) is 4.98 Å². The average molecular weight is 532 g/mol. The van der Waals surface area contributed by atoms with Gasteiger partial charge >= 0.3 is 5.97 Å². The molecule has 2 aliphatic carbocycles. The molecule has 1 aliphatic heterocycles. The predicted molar refractivity (Wildman–Crippen MR) is 152 cm³/mol. The van der Waals surface area contributed by atoms with Crippen LogP contribution in [-0.2, 0) is 6.54 Å². The van der Waals surface area contributed by atoms with E-state index >= 15 is 0 Å². The van der Waals surface area contributed by atoms with E-state index in [-0.39, 0.29) is 17.9 Å². The largest absolute Gasteiger partial charge is 0.475 e. The fraction of sp³-hybridized carbons (Fsp3) is 0.633. The first-order valence-corrected chi connectivity index (χ1v) is 14.9. The van der Waals surface area contributed by atoms with Gasteiger partial charge in [0.2, 0.25) is 11.8 Å². The van der Waals surface area contributed by atoms with Crippen LogP contribution in [0.15, 0.2) is 24.4 Å². The Morgan fingerprint density at radius 1 is 1.05 bits per heavy atom. The Morgan fingerprint density at radius 2 is 1.87 bits per heavy atom. The Balaban J connectivity index is 1.47. The monoisotopic (exact) mass is 531 g/mol. The van der Waals surface area contributed by atoms with Crippen molar-refractivity contribution in [3.05, 3.63) is 35.9 Å². The van der Waals surface area contributed by atoms with Crippen LogP contribution in [0, 0.1) is 17.8 Å². The number of carbonyl (C=O) groups is 1. The number of fused-ring (bicyclic) bond motifs is 1. The summed E-state index contributed by atoms with van der Waals surface area (Å²) in [5, 5.41) is 13.5. The molecular weight excluding hydrogens is 490 g/mol. The summed E-state index contributed by atoms with van der Waals surface area (Å²) in [6.45, 7) is 6.26. The summed E-state index contributed by atoms with van der Waals surface area (Å²) in [6.07, 6.45) is 13.6. The van der Waals surface area contributed by atoms with Crippen LogP contribution in [0.2, 0.25) is 0 Å². The molecule has 208 valence electrons. The molecule has 2 atom stereocenters. The molecule has 3 aliphatic rings. The summed E-state index contributed by atoms with van der Waals surface area (Å²) in [5.41, 5.74) is 2.36. The van der Waals surface area contributed by atoms with Crippen LogP contribution in [-0.4, -0.2) is 48.2 Å². The smallest absolute Gasteiger partial charge is 0.374 e. The number of nitrogens with one attached hydrogen (secondary N) is 1. The number of pyridine rings is 1. The van der Waals surface area contributed by atoms with Gasteiger partial charge in [-0.15, -0.1) is 0 Å². The van der Waals surface area contributed by atoms with E-state index in [4.69, 9.17) is 9.97 Å². The third-order valence-corrected chi connectivity index (χ3v) is 9.36. The Kier molecular flexibility index (Phi) is 7.40. The minimum atomic E-state index is -1.13. The molecule has 9 heteroatoms. The first-order chi connectivity index (χ1) is 19.0. The van der Waals surface area contributed by atoms with E-state index in [1.54, 1.807) is 0 Å². The zero-order chi connectivity index (χ0) is 26.9. The number of hydrogen-bond donors (Lipinski definition) is 2. The maximum absolute atomic E-state index is 12.1. The number of anilines is 2. The van der Waals surface area contributed by atoms with E-state index in [0.717, 1.165) is 55.4 Å². The summed E-state index contributed by atoms with van der Waals surface area (Å²) in [6, 6.07) is 6.44. The van der Waals surface area contributed by atoms with Gasteiger partial charge in [0.1, 0.15) is 5.52 Å². The summed E-state index contributed by atoms with van der Waals surface area (Å²) in [4.78, 5) is 33.3. The number of aromatic carboxylic acids is 1. The fourth-order valence-corrected chi connectivity index (χ4v) is 6.71. The van der Waals surface area contributed by atoms with Crippen LogP contribution in [0.5, 0.6) is 0 Å². The Labute approximate surface area is 230 Å². The van der Waals surface area contributed by atoms with E-state index in [9.17, 15) is 9.90 Å². The second-order valence-corrected chi connectivity index (χ2v) is 12.1. The molecule has 3 aromatic heterocycles. The van der Waals surface area contributed by atoms with Gasteiger partial charge in [-0.1, -0.05) is 32.3 Å². The van der Waals surface area contributed by atoms with E-state index < -0.39 is 5.97 Å². The van der Waals surface area contributed by atoms with Gasteiger partial charge in [0, 0.05) is 25.3 Å². The van der Waals surface area contributed by atoms with Gasteiger partial charge in [0.15, 0.2) is 11.5 Å². The zero-order valence-electron chi connectivity index (χ0n) is 23.2. The average Bonchev–Trinajstić information content (AvgIpc) is 3.27. The lowest BCUT2D eigenvalue weighted by Gasteiger charge is -2.37. The number of hydrogen-bond acceptors (Lipinski definition) is 7. The van der Waals surface area contributed by atoms with Crippen molar-refractivity contribution in [2.45, 2.75) is 96.7 Å². The van der Waals surface area contributed by atoms with Crippen molar-refractivity contribution in [3.8, 4) is 0 Å². The van der Waals surface area contributed by atoms with E-state index in [1.807, 2.05) is 12.3 Å². The molecule has 0 radical (unpaired) electrons. The number of carboxylic acid groups (broad SMARTS) is 1. The van der Waals surface area contributed by atoms with Crippen LogP contribution in [0.1, 0.15) is 100 Å². The third-order valence-electron chi connectivity index (χ3n) is 9.36. The minimum absolute atomic E-state index is 0.124. The van der Waals surface area contributed by atoms with Gasteiger partial charge < -0.3 is 19.9 Å². The van der Waals surface area contributed by atoms with Crippen LogP contribution in [0.4, 0.5) is 11.8 Å². The second-order valence-electron chi connectivity index (χ2n) is 12.1. The van der Waals surface area contributed by atoms with E-state index in [1.165, 1.54) is 44.9 Å². The van der Waals surface area contributed by atoms with E-state index in [0.29, 0.717) is 23.3 Å². The summed E-state index contributed by atoms with van der Waals surface area (Å²) < 4.78 is 2.32. The van der Waals surface area contributed by atoms with Crippen LogP contribution in [0.25, 0.3) is 11.2 Å². The molecule has 39 heavy (non-hydrogen) atoms. The summed E-state index contributed by atoms with van der Waals surface area (Å²) >= 11 is 0. The first kappa shape index (κ1) is 26.0. The second kappa shape index (κ2) is 11.1. The van der Waals surface area contributed by atoms with Gasteiger partial charge in [-0.25, -0.2) is 14.8 Å². The molecule has 3 aromatic rings. The maximum atomic E-state index is 12.1. The Bertz CT molecular complexity index is 1300. The van der Waals surface area contributed by atoms with Gasteiger partial charge in [-0.05, 0) is 81.8 Å². The lowest BCUT2D eigenvalue weighted by molar-refractivity contribution is 0.0684. The number of rotatable bonds is 8. The number of imidazole rings is 1. The molecule has 0 amide bonds. The fourth-order valence-electron chi connectivity index (χ4n) is 6.71. The van der Waals surface area contributed by atoms with Gasteiger partial charge in [-0.2, -0.15) is 4.98 Å². The lowest BCUT2D eigenvalue weighted by atomic mass is 9.80. The molecular formula is C30H41N7O2. The lowest BCUT2D eigenvalue weighted by Crippen LogP contribution is -2.36. The van der Waals surface area contributed by atoms with Gasteiger partial charge in [0.05, 0.1) is 11.7 Å². The Hall–Kier alpha value is -3.23. The highest BCUT2D eigenvalue weighted by molar-refractivity contribution is 5.91. The summed E-state index contributed by atoms with van der Waals surface area (Å²) in [7, 11) is 0. The van der Waals surface area contributed by atoms with Crippen molar-refractivity contribution >= 4 is 28.9 Å². The molecule has 4 heterocycles. The Morgan fingerprint density at radius 3 is 2.56 bits per heavy atom. The van der Waals surface area contributed by atoms with Crippen LogP contribution in [0.3, 0.4) is 0 Å². The van der Waals surface area contributed by atoms with Crippen LogP contribution >= 0.6 is 0 Å². The number of piperidine rings is 1. The van der Waals surface area contributed by atoms with Crippen molar-refractivity contribution in [2.75, 3.05) is 16.8 Å². The number of carboxylic acids is 1. The highest BCUT2D eigenvalue weighted by Crippen LogP contribution is 2.39.